The molecule has 0 aliphatic heterocycles. The second-order valence-electron chi connectivity index (χ2n) is 4.14. The van der Waals surface area contributed by atoms with Crippen LogP contribution < -0.4 is 5.32 Å². The molecule has 2 aromatic carbocycles. The predicted octanol–water partition coefficient (Wildman–Crippen LogP) is 5.05. The van der Waals surface area contributed by atoms with Crippen LogP contribution in [0.3, 0.4) is 0 Å². The molecule has 4 heteroatoms. The van der Waals surface area contributed by atoms with E-state index in [1.165, 1.54) is 5.56 Å². The van der Waals surface area contributed by atoms with Crippen molar-refractivity contribution in [2.45, 2.75) is 10.9 Å². The smallest absolute Gasteiger partial charge is 0.0603 e. The molecule has 0 aliphatic carbocycles. The standard InChI is InChI=1S/C15H15Cl2NS/c1-18-15(11-5-3-2-4-6-11)10-19-12-7-8-13(16)14(17)9-12/h2-9,15,18H,10H2,1H3. The summed E-state index contributed by atoms with van der Waals surface area (Å²) in [6.45, 7) is 0. The van der Waals surface area contributed by atoms with E-state index in [9.17, 15) is 0 Å². The van der Waals surface area contributed by atoms with Gasteiger partial charge in [-0.2, -0.15) is 0 Å². The number of hydrogen-bond donors (Lipinski definition) is 1. The topological polar surface area (TPSA) is 12.0 Å². The van der Waals surface area contributed by atoms with Crippen molar-refractivity contribution in [3.05, 3.63) is 64.1 Å². The van der Waals surface area contributed by atoms with Crippen molar-refractivity contribution in [1.29, 1.82) is 0 Å². The molecule has 1 atom stereocenters. The Kier molecular flexibility index (Phi) is 5.59. The van der Waals surface area contributed by atoms with E-state index >= 15 is 0 Å². The molecular formula is C15H15Cl2NS. The van der Waals surface area contributed by atoms with Gasteiger partial charge in [0.2, 0.25) is 0 Å². The van der Waals surface area contributed by atoms with Gasteiger partial charge in [-0.1, -0.05) is 53.5 Å². The summed E-state index contributed by atoms with van der Waals surface area (Å²) in [5, 5.41) is 4.54. The molecule has 1 unspecified atom stereocenters. The zero-order valence-electron chi connectivity index (χ0n) is 10.6. The minimum atomic E-state index is 0.320. The lowest BCUT2D eigenvalue weighted by Gasteiger charge is -2.16. The van der Waals surface area contributed by atoms with Gasteiger partial charge in [-0.25, -0.2) is 0 Å². The highest BCUT2D eigenvalue weighted by molar-refractivity contribution is 7.99. The molecule has 2 aromatic rings. The maximum Gasteiger partial charge on any atom is 0.0603 e. The number of thioether (sulfide) groups is 1. The molecule has 0 saturated carbocycles. The van der Waals surface area contributed by atoms with E-state index in [4.69, 9.17) is 23.2 Å². The maximum absolute atomic E-state index is 6.02. The normalized spacial score (nSPS) is 12.4. The maximum atomic E-state index is 6.02. The van der Waals surface area contributed by atoms with Crippen LogP contribution in [-0.2, 0) is 0 Å². The van der Waals surface area contributed by atoms with E-state index in [1.54, 1.807) is 11.8 Å². The molecule has 100 valence electrons. The fourth-order valence-electron chi connectivity index (χ4n) is 1.78. The molecule has 1 nitrogen and oxygen atoms in total. The van der Waals surface area contributed by atoms with E-state index in [-0.39, 0.29) is 0 Å². The van der Waals surface area contributed by atoms with Crippen LogP contribution in [0.15, 0.2) is 53.4 Å². The van der Waals surface area contributed by atoms with Crippen molar-refractivity contribution in [1.82, 2.24) is 5.32 Å². The van der Waals surface area contributed by atoms with Crippen molar-refractivity contribution < 1.29 is 0 Å². The van der Waals surface area contributed by atoms with Crippen molar-refractivity contribution in [2.75, 3.05) is 12.8 Å². The van der Waals surface area contributed by atoms with Crippen molar-refractivity contribution in [3.63, 3.8) is 0 Å². The lowest BCUT2D eigenvalue weighted by molar-refractivity contribution is 0.662. The number of rotatable bonds is 5. The Morgan fingerprint density at radius 3 is 2.42 bits per heavy atom. The summed E-state index contributed by atoms with van der Waals surface area (Å²) < 4.78 is 0. The van der Waals surface area contributed by atoms with Gasteiger partial charge in [-0.3, -0.25) is 0 Å². The Morgan fingerprint density at radius 1 is 1.05 bits per heavy atom. The van der Waals surface area contributed by atoms with Crippen molar-refractivity contribution in [2.24, 2.45) is 0 Å². The van der Waals surface area contributed by atoms with Gasteiger partial charge in [-0.05, 0) is 30.8 Å². The molecule has 0 fully saturated rings. The van der Waals surface area contributed by atoms with Crippen LogP contribution in [0.2, 0.25) is 10.0 Å². The SMILES string of the molecule is CNC(CSc1ccc(Cl)c(Cl)c1)c1ccccc1. The third kappa shape index (κ3) is 4.15. The molecule has 1 N–H and O–H groups in total. The molecule has 0 radical (unpaired) electrons. The molecule has 0 aliphatic rings. The van der Waals surface area contributed by atoms with Gasteiger partial charge >= 0.3 is 0 Å². The first-order valence-electron chi connectivity index (χ1n) is 6.01. The summed E-state index contributed by atoms with van der Waals surface area (Å²) >= 11 is 13.7. The second-order valence-corrected chi connectivity index (χ2v) is 6.05. The van der Waals surface area contributed by atoms with Crippen molar-refractivity contribution >= 4 is 35.0 Å². The van der Waals surface area contributed by atoms with E-state index in [2.05, 4.69) is 29.6 Å². The second kappa shape index (κ2) is 7.20. The van der Waals surface area contributed by atoms with Gasteiger partial charge in [0.25, 0.3) is 0 Å². The molecule has 0 spiro atoms. The van der Waals surface area contributed by atoms with E-state index in [0.29, 0.717) is 16.1 Å². The van der Waals surface area contributed by atoms with Crippen LogP contribution in [0.25, 0.3) is 0 Å². The fourth-order valence-corrected chi connectivity index (χ4v) is 3.22. The summed E-state index contributed by atoms with van der Waals surface area (Å²) in [7, 11) is 1.98. The van der Waals surface area contributed by atoms with Gasteiger partial charge in [0.05, 0.1) is 10.0 Å². The van der Waals surface area contributed by atoms with Gasteiger partial charge < -0.3 is 5.32 Å². The lowest BCUT2D eigenvalue weighted by atomic mass is 10.1. The first kappa shape index (κ1) is 14.7. The molecule has 0 saturated heterocycles. The number of halogens is 2. The van der Waals surface area contributed by atoms with Gasteiger partial charge in [0.15, 0.2) is 0 Å². The van der Waals surface area contributed by atoms with Crippen LogP contribution >= 0.6 is 35.0 Å². The van der Waals surface area contributed by atoms with Gasteiger partial charge in [-0.15, -0.1) is 11.8 Å². The van der Waals surface area contributed by atoms with Crippen LogP contribution in [0.5, 0.6) is 0 Å². The van der Waals surface area contributed by atoms with Gasteiger partial charge in [0, 0.05) is 16.7 Å². The van der Waals surface area contributed by atoms with Crippen LogP contribution in [0, 0.1) is 0 Å². The summed E-state index contributed by atoms with van der Waals surface area (Å²) in [6, 6.07) is 16.5. The highest BCUT2D eigenvalue weighted by Crippen LogP contribution is 2.30. The highest BCUT2D eigenvalue weighted by atomic mass is 35.5. The van der Waals surface area contributed by atoms with E-state index < -0.39 is 0 Å². The first-order valence-corrected chi connectivity index (χ1v) is 7.75. The highest BCUT2D eigenvalue weighted by Gasteiger charge is 2.09. The van der Waals surface area contributed by atoms with Crippen LogP contribution in [0.4, 0.5) is 0 Å². The molecule has 0 heterocycles. The minimum Gasteiger partial charge on any atom is -0.312 e. The molecular weight excluding hydrogens is 297 g/mol. The number of benzene rings is 2. The fraction of sp³-hybridized carbons (Fsp3) is 0.200. The van der Waals surface area contributed by atoms with Gasteiger partial charge in [0.1, 0.15) is 0 Å². The number of nitrogens with one attached hydrogen (secondary N) is 1. The lowest BCUT2D eigenvalue weighted by Crippen LogP contribution is -2.18. The Balaban J connectivity index is 2.02. The molecule has 19 heavy (non-hydrogen) atoms. The Morgan fingerprint density at radius 2 is 1.79 bits per heavy atom. The molecule has 0 amide bonds. The average molecular weight is 312 g/mol. The third-order valence-electron chi connectivity index (χ3n) is 2.86. The zero-order valence-corrected chi connectivity index (χ0v) is 12.9. The predicted molar refractivity (Wildman–Crippen MR) is 85.4 cm³/mol. The molecule has 2 rings (SSSR count). The van der Waals surface area contributed by atoms with Crippen molar-refractivity contribution in [3.8, 4) is 0 Å². The van der Waals surface area contributed by atoms with E-state index in [0.717, 1.165) is 10.6 Å². The summed E-state index contributed by atoms with van der Waals surface area (Å²) in [4.78, 5) is 1.13. The Bertz CT molecular complexity index is 531. The molecule has 0 aromatic heterocycles. The average Bonchev–Trinajstić information content (AvgIpc) is 2.44. The first-order chi connectivity index (χ1) is 9.20. The summed E-state index contributed by atoms with van der Waals surface area (Å²) in [5.74, 6) is 0.943. The monoisotopic (exact) mass is 311 g/mol. The van der Waals surface area contributed by atoms with Crippen LogP contribution in [0.1, 0.15) is 11.6 Å². The largest absolute Gasteiger partial charge is 0.312 e. The Hall–Kier alpha value is -0.670. The van der Waals surface area contributed by atoms with E-state index in [1.807, 2.05) is 31.3 Å². The zero-order chi connectivity index (χ0) is 13.7. The number of hydrogen-bond acceptors (Lipinski definition) is 2. The molecule has 0 bridgehead atoms. The summed E-state index contributed by atoms with van der Waals surface area (Å²) in [6.07, 6.45) is 0. The Labute approximate surface area is 128 Å². The minimum absolute atomic E-state index is 0.320. The third-order valence-corrected chi connectivity index (χ3v) is 4.68. The van der Waals surface area contributed by atoms with Crippen LogP contribution in [-0.4, -0.2) is 12.8 Å². The summed E-state index contributed by atoms with van der Waals surface area (Å²) in [5.41, 5.74) is 1.29. The quantitative estimate of drug-likeness (QED) is 0.776.